The van der Waals surface area contributed by atoms with Crippen LogP contribution in [0.2, 0.25) is 5.02 Å². The van der Waals surface area contributed by atoms with E-state index >= 15 is 0 Å². The maximum Gasteiger partial charge on any atom is 0.228 e. The number of thiophene rings is 1. The van der Waals surface area contributed by atoms with Crippen LogP contribution in [0, 0.1) is 0 Å². The molecule has 0 unspecified atom stereocenters. The molecule has 0 spiro atoms. The van der Waals surface area contributed by atoms with Gasteiger partial charge in [-0.1, -0.05) is 41.9 Å². The van der Waals surface area contributed by atoms with Crippen LogP contribution in [0.4, 0.5) is 5.69 Å². The molecule has 0 radical (unpaired) electrons. The molecule has 0 aliphatic heterocycles. The average Bonchev–Trinajstić information content (AvgIpc) is 2.97. The molecule has 0 atom stereocenters. The zero-order chi connectivity index (χ0) is 16.5. The van der Waals surface area contributed by atoms with Gasteiger partial charge in [-0.05, 0) is 57.4 Å². The van der Waals surface area contributed by atoms with Crippen molar-refractivity contribution in [1.29, 1.82) is 0 Å². The highest BCUT2D eigenvalue weighted by Crippen LogP contribution is 2.29. The maximum absolute atomic E-state index is 12.4. The Hall–Kier alpha value is -2.36. The first-order valence-corrected chi connectivity index (χ1v) is 8.89. The van der Waals surface area contributed by atoms with E-state index in [2.05, 4.69) is 11.4 Å². The van der Waals surface area contributed by atoms with Gasteiger partial charge in [0, 0.05) is 15.4 Å². The van der Waals surface area contributed by atoms with Crippen LogP contribution in [0.1, 0.15) is 5.56 Å². The number of benzene rings is 3. The molecular formula is C20H14ClNOS. The summed E-state index contributed by atoms with van der Waals surface area (Å²) >= 11 is 7.71. The minimum atomic E-state index is -0.0232. The third-order valence-electron chi connectivity index (χ3n) is 4.00. The second-order valence-electron chi connectivity index (χ2n) is 5.69. The molecule has 1 heterocycles. The van der Waals surface area contributed by atoms with Gasteiger partial charge in [-0.2, -0.15) is 0 Å². The summed E-state index contributed by atoms with van der Waals surface area (Å²) < 4.78 is 1.15. The Balaban J connectivity index is 1.55. The quantitative estimate of drug-likeness (QED) is 0.490. The number of hydrogen-bond acceptors (Lipinski definition) is 2. The van der Waals surface area contributed by atoms with Crippen molar-refractivity contribution >= 4 is 55.4 Å². The lowest BCUT2D eigenvalue weighted by Crippen LogP contribution is -2.14. The van der Waals surface area contributed by atoms with Gasteiger partial charge in [0.1, 0.15) is 0 Å². The molecule has 2 nitrogen and oxygen atoms in total. The Morgan fingerprint density at radius 3 is 2.71 bits per heavy atom. The fraction of sp³-hybridized carbons (Fsp3) is 0.0500. The number of nitrogens with one attached hydrogen (secondary N) is 1. The van der Waals surface area contributed by atoms with Gasteiger partial charge in [-0.25, -0.2) is 0 Å². The van der Waals surface area contributed by atoms with Gasteiger partial charge in [-0.15, -0.1) is 11.3 Å². The molecule has 1 amide bonds. The summed E-state index contributed by atoms with van der Waals surface area (Å²) in [6.07, 6.45) is 0.340. The molecule has 0 saturated heterocycles. The Kier molecular flexibility index (Phi) is 3.97. The van der Waals surface area contributed by atoms with Gasteiger partial charge in [0.15, 0.2) is 0 Å². The van der Waals surface area contributed by atoms with Crippen molar-refractivity contribution in [2.24, 2.45) is 0 Å². The van der Waals surface area contributed by atoms with Crippen molar-refractivity contribution in [2.45, 2.75) is 6.42 Å². The number of halogens is 1. The third-order valence-corrected chi connectivity index (χ3v) is 5.25. The van der Waals surface area contributed by atoms with Crippen LogP contribution in [0.5, 0.6) is 0 Å². The highest BCUT2D eigenvalue weighted by atomic mass is 35.5. The van der Waals surface area contributed by atoms with Crippen LogP contribution < -0.4 is 5.32 Å². The van der Waals surface area contributed by atoms with Crippen molar-refractivity contribution in [1.82, 2.24) is 0 Å². The molecule has 4 heteroatoms. The maximum atomic E-state index is 12.4. The number of anilines is 1. The molecule has 4 rings (SSSR count). The fourth-order valence-electron chi connectivity index (χ4n) is 2.84. The molecule has 0 aliphatic carbocycles. The molecule has 0 aliphatic rings. The van der Waals surface area contributed by atoms with Gasteiger partial charge in [0.05, 0.1) is 6.42 Å². The lowest BCUT2D eigenvalue weighted by Gasteiger charge is -2.06. The monoisotopic (exact) mass is 351 g/mol. The first-order chi connectivity index (χ1) is 11.7. The number of carbonyl (C=O) groups is 1. The predicted octanol–water partition coefficient (Wildman–Crippen LogP) is 5.89. The highest BCUT2D eigenvalue weighted by molar-refractivity contribution is 7.17. The minimum absolute atomic E-state index is 0.0232. The molecule has 118 valence electrons. The van der Waals surface area contributed by atoms with E-state index < -0.39 is 0 Å². The van der Waals surface area contributed by atoms with Gasteiger partial charge >= 0.3 is 0 Å². The summed E-state index contributed by atoms with van der Waals surface area (Å²) in [5.41, 5.74) is 1.83. The first-order valence-electron chi connectivity index (χ1n) is 7.63. The Labute approximate surface area is 148 Å². The van der Waals surface area contributed by atoms with Crippen molar-refractivity contribution in [3.05, 3.63) is 76.6 Å². The Morgan fingerprint density at radius 2 is 1.83 bits per heavy atom. The first kappa shape index (κ1) is 15.2. The van der Waals surface area contributed by atoms with Gasteiger partial charge in [-0.3, -0.25) is 4.79 Å². The number of amides is 1. The molecule has 0 bridgehead atoms. The van der Waals surface area contributed by atoms with E-state index in [9.17, 15) is 4.79 Å². The van der Waals surface area contributed by atoms with Crippen LogP contribution in [0.3, 0.4) is 0 Å². The fourth-order valence-corrected chi connectivity index (χ4v) is 3.95. The summed E-state index contributed by atoms with van der Waals surface area (Å²) in [6.45, 7) is 0. The van der Waals surface area contributed by atoms with E-state index in [1.54, 1.807) is 11.3 Å². The van der Waals surface area contributed by atoms with E-state index in [0.29, 0.717) is 11.4 Å². The van der Waals surface area contributed by atoms with Crippen molar-refractivity contribution in [2.75, 3.05) is 5.32 Å². The molecule has 4 aromatic rings. The number of rotatable bonds is 3. The van der Waals surface area contributed by atoms with Gasteiger partial charge in [0.2, 0.25) is 5.91 Å². The minimum Gasteiger partial charge on any atom is -0.326 e. The smallest absolute Gasteiger partial charge is 0.228 e. The van der Waals surface area contributed by atoms with Crippen LogP contribution in [-0.4, -0.2) is 5.91 Å². The Morgan fingerprint density at radius 1 is 1.00 bits per heavy atom. The van der Waals surface area contributed by atoms with Gasteiger partial charge in [0.25, 0.3) is 0 Å². The molecule has 0 saturated carbocycles. The van der Waals surface area contributed by atoms with E-state index in [1.807, 2.05) is 60.0 Å². The zero-order valence-electron chi connectivity index (χ0n) is 12.8. The third kappa shape index (κ3) is 3.01. The van der Waals surface area contributed by atoms with Crippen molar-refractivity contribution in [3.8, 4) is 0 Å². The molecular weight excluding hydrogens is 338 g/mol. The predicted molar refractivity (Wildman–Crippen MR) is 103 cm³/mol. The van der Waals surface area contributed by atoms with E-state index in [0.717, 1.165) is 32.1 Å². The lowest BCUT2D eigenvalue weighted by molar-refractivity contribution is -0.115. The second-order valence-corrected chi connectivity index (χ2v) is 7.04. The number of carbonyl (C=O) groups excluding carboxylic acids is 1. The summed E-state index contributed by atoms with van der Waals surface area (Å²) in [7, 11) is 0. The summed E-state index contributed by atoms with van der Waals surface area (Å²) in [5, 5.41) is 9.04. The zero-order valence-corrected chi connectivity index (χ0v) is 14.3. The molecule has 0 fully saturated rings. The molecule has 1 N–H and O–H groups in total. The van der Waals surface area contributed by atoms with E-state index in [-0.39, 0.29) is 5.91 Å². The van der Waals surface area contributed by atoms with Crippen LogP contribution in [-0.2, 0) is 11.2 Å². The van der Waals surface area contributed by atoms with E-state index in [1.165, 1.54) is 0 Å². The van der Waals surface area contributed by atoms with E-state index in [4.69, 9.17) is 11.6 Å². The summed E-state index contributed by atoms with van der Waals surface area (Å²) in [5.74, 6) is -0.0232. The second kappa shape index (κ2) is 6.27. The number of hydrogen-bond donors (Lipinski definition) is 1. The number of fused-ring (bicyclic) bond motifs is 2. The largest absolute Gasteiger partial charge is 0.326 e. The standard InChI is InChI=1S/C20H14ClNOS/c21-16-6-8-19-18(11-16)15(12-24-19)10-20(23)22-17-7-5-13-3-1-2-4-14(13)9-17/h1-9,11-12H,10H2,(H,22,23). The molecule has 3 aromatic carbocycles. The average molecular weight is 352 g/mol. The topological polar surface area (TPSA) is 29.1 Å². The van der Waals surface area contributed by atoms with Crippen molar-refractivity contribution < 1.29 is 4.79 Å². The SMILES string of the molecule is O=C(Cc1csc2ccc(Cl)cc12)Nc1ccc2ccccc2c1. The van der Waals surface area contributed by atoms with Crippen LogP contribution in [0.15, 0.2) is 66.0 Å². The summed E-state index contributed by atoms with van der Waals surface area (Å²) in [6, 6.07) is 19.8. The molecule has 24 heavy (non-hydrogen) atoms. The Bertz CT molecular complexity index is 1050. The van der Waals surface area contributed by atoms with Crippen LogP contribution in [0.25, 0.3) is 20.9 Å². The van der Waals surface area contributed by atoms with Crippen LogP contribution >= 0.6 is 22.9 Å². The summed E-state index contributed by atoms with van der Waals surface area (Å²) in [4.78, 5) is 12.4. The molecule has 1 aromatic heterocycles. The lowest BCUT2D eigenvalue weighted by atomic mass is 10.1. The highest BCUT2D eigenvalue weighted by Gasteiger charge is 2.10. The van der Waals surface area contributed by atoms with Gasteiger partial charge < -0.3 is 5.32 Å². The van der Waals surface area contributed by atoms with Crippen molar-refractivity contribution in [3.63, 3.8) is 0 Å². The normalized spacial score (nSPS) is 11.0.